The fraction of sp³-hybridized carbons (Fsp3) is 0.318. The molecule has 2 aromatic heterocycles. The molecule has 0 spiro atoms. The third-order valence-electron chi connectivity index (χ3n) is 4.61. The van der Waals surface area contributed by atoms with Gasteiger partial charge in [-0.2, -0.15) is 0 Å². The highest BCUT2D eigenvalue weighted by atomic mass is 16.5. The van der Waals surface area contributed by atoms with Crippen LogP contribution in [-0.2, 0) is 17.8 Å². The van der Waals surface area contributed by atoms with Gasteiger partial charge in [-0.3, -0.25) is 9.78 Å². The van der Waals surface area contributed by atoms with Gasteiger partial charge in [0.25, 0.3) is 5.91 Å². The Morgan fingerprint density at radius 2 is 1.96 bits per heavy atom. The molecule has 0 aliphatic heterocycles. The summed E-state index contributed by atoms with van der Waals surface area (Å²) in [5.41, 5.74) is 2.81. The zero-order valence-electron chi connectivity index (χ0n) is 16.6. The van der Waals surface area contributed by atoms with Gasteiger partial charge >= 0.3 is 5.63 Å². The Morgan fingerprint density at radius 1 is 1.25 bits per heavy atom. The molecule has 0 saturated carbocycles. The average molecular weight is 380 g/mol. The molecule has 1 unspecified atom stereocenters. The van der Waals surface area contributed by atoms with Crippen LogP contribution in [-0.4, -0.2) is 28.9 Å². The summed E-state index contributed by atoms with van der Waals surface area (Å²) in [4.78, 5) is 30.2. The van der Waals surface area contributed by atoms with Gasteiger partial charge in [-0.1, -0.05) is 6.92 Å². The predicted molar refractivity (Wildman–Crippen MR) is 107 cm³/mol. The van der Waals surface area contributed by atoms with Crippen LogP contribution in [0.4, 0.5) is 0 Å². The molecule has 1 atom stereocenters. The van der Waals surface area contributed by atoms with Crippen LogP contribution >= 0.6 is 0 Å². The van der Waals surface area contributed by atoms with Crippen LogP contribution in [0.5, 0.6) is 5.75 Å². The Labute approximate surface area is 163 Å². The van der Waals surface area contributed by atoms with Gasteiger partial charge in [-0.05, 0) is 61.2 Å². The lowest BCUT2D eigenvalue weighted by atomic mass is 10.0. The molecule has 1 amide bonds. The van der Waals surface area contributed by atoms with Gasteiger partial charge < -0.3 is 14.1 Å². The largest absolute Gasteiger partial charge is 0.480 e. The lowest BCUT2D eigenvalue weighted by Gasteiger charge is -2.23. The number of benzene rings is 1. The maximum Gasteiger partial charge on any atom is 0.336 e. The standard InChI is InChI=1S/C22H24N2O4/c1-5-17-12-20(25)28-19-11-14(2)10-18(21(17)19)27-15(3)22(26)24(4)13-16-6-8-23-9-7-16/h6-12,15H,5,13H2,1-4H3. The third kappa shape index (κ3) is 4.22. The van der Waals surface area contributed by atoms with Crippen molar-refractivity contribution in [3.63, 3.8) is 0 Å². The average Bonchev–Trinajstić information content (AvgIpc) is 2.66. The lowest BCUT2D eigenvalue weighted by Crippen LogP contribution is -2.37. The van der Waals surface area contributed by atoms with Crippen molar-refractivity contribution in [1.29, 1.82) is 0 Å². The zero-order valence-corrected chi connectivity index (χ0v) is 16.6. The number of amides is 1. The highest BCUT2D eigenvalue weighted by molar-refractivity contribution is 5.88. The van der Waals surface area contributed by atoms with E-state index in [2.05, 4.69) is 4.98 Å². The topological polar surface area (TPSA) is 72.6 Å². The van der Waals surface area contributed by atoms with Crippen LogP contribution in [0, 0.1) is 6.92 Å². The van der Waals surface area contributed by atoms with Crippen molar-refractivity contribution in [3.05, 3.63) is 69.8 Å². The number of ether oxygens (including phenoxy) is 1. The minimum absolute atomic E-state index is 0.137. The summed E-state index contributed by atoms with van der Waals surface area (Å²) < 4.78 is 11.4. The number of aromatic nitrogens is 1. The summed E-state index contributed by atoms with van der Waals surface area (Å²) in [5, 5.41) is 0.740. The molecule has 28 heavy (non-hydrogen) atoms. The number of fused-ring (bicyclic) bond motifs is 1. The molecule has 0 radical (unpaired) electrons. The molecule has 0 N–H and O–H groups in total. The van der Waals surface area contributed by atoms with Crippen LogP contribution in [0.15, 0.2) is 51.9 Å². The molecular weight excluding hydrogens is 356 g/mol. The highest BCUT2D eigenvalue weighted by Crippen LogP contribution is 2.31. The van der Waals surface area contributed by atoms with Crippen molar-refractivity contribution in [2.45, 2.75) is 39.8 Å². The van der Waals surface area contributed by atoms with Crippen molar-refractivity contribution in [2.75, 3.05) is 7.05 Å². The monoisotopic (exact) mass is 380 g/mol. The fourth-order valence-corrected chi connectivity index (χ4v) is 3.23. The van der Waals surface area contributed by atoms with Crippen molar-refractivity contribution in [1.82, 2.24) is 9.88 Å². The molecule has 6 heteroatoms. The van der Waals surface area contributed by atoms with E-state index < -0.39 is 6.10 Å². The van der Waals surface area contributed by atoms with Gasteiger partial charge in [-0.25, -0.2) is 4.79 Å². The smallest absolute Gasteiger partial charge is 0.336 e. The Morgan fingerprint density at radius 3 is 2.64 bits per heavy atom. The summed E-state index contributed by atoms with van der Waals surface area (Å²) in [6, 6.07) is 8.91. The van der Waals surface area contributed by atoms with E-state index in [0.29, 0.717) is 24.3 Å². The first kappa shape index (κ1) is 19.6. The molecule has 0 saturated heterocycles. The molecule has 0 aliphatic carbocycles. The minimum Gasteiger partial charge on any atom is -0.480 e. The van der Waals surface area contributed by atoms with E-state index in [1.165, 1.54) is 6.07 Å². The summed E-state index contributed by atoms with van der Waals surface area (Å²) >= 11 is 0. The molecule has 2 heterocycles. The van der Waals surface area contributed by atoms with Crippen LogP contribution in [0.2, 0.25) is 0 Å². The quantitative estimate of drug-likeness (QED) is 0.612. The number of likely N-dealkylation sites (N-methyl/N-ethyl adjacent to an activating group) is 1. The van der Waals surface area contributed by atoms with Crippen LogP contribution in [0.25, 0.3) is 11.0 Å². The maximum absolute atomic E-state index is 12.8. The molecule has 6 nitrogen and oxygen atoms in total. The molecule has 0 fully saturated rings. The Hall–Kier alpha value is -3.15. The van der Waals surface area contributed by atoms with E-state index in [1.807, 2.05) is 38.1 Å². The lowest BCUT2D eigenvalue weighted by molar-refractivity contribution is -0.137. The second-order valence-electron chi connectivity index (χ2n) is 6.89. The van der Waals surface area contributed by atoms with Gasteiger partial charge in [0.05, 0.1) is 5.39 Å². The normalized spacial score (nSPS) is 12.0. The summed E-state index contributed by atoms with van der Waals surface area (Å²) in [6.07, 6.45) is 3.37. The number of aryl methyl sites for hydroxylation is 2. The van der Waals surface area contributed by atoms with Crippen LogP contribution in [0.1, 0.15) is 30.5 Å². The predicted octanol–water partition coefficient (Wildman–Crippen LogP) is 3.48. The second-order valence-corrected chi connectivity index (χ2v) is 6.89. The van der Waals surface area contributed by atoms with E-state index in [4.69, 9.17) is 9.15 Å². The number of carbonyl (C=O) groups excluding carboxylic acids is 1. The third-order valence-corrected chi connectivity index (χ3v) is 4.61. The Bertz CT molecular complexity index is 1040. The van der Waals surface area contributed by atoms with Crippen LogP contribution < -0.4 is 10.4 Å². The van der Waals surface area contributed by atoms with E-state index in [-0.39, 0.29) is 11.5 Å². The summed E-state index contributed by atoms with van der Waals surface area (Å²) in [7, 11) is 1.74. The molecule has 1 aromatic carbocycles. The van der Waals surface area contributed by atoms with E-state index in [0.717, 1.165) is 22.1 Å². The molecule has 0 aliphatic rings. The highest BCUT2D eigenvalue weighted by Gasteiger charge is 2.21. The van der Waals surface area contributed by atoms with E-state index in [1.54, 1.807) is 31.3 Å². The van der Waals surface area contributed by atoms with E-state index >= 15 is 0 Å². The Kier molecular flexibility index (Phi) is 5.78. The maximum atomic E-state index is 12.8. The zero-order chi connectivity index (χ0) is 20.3. The number of rotatable bonds is 6. The van der Waals surface area contributed by atoms with Gasteiger partial charge in [0.1, 0.15) is 11.3 Å². The molecule has 3 rings (SSSR count). The molecule has 3 aromatic rings. The van der Waals surface area contributed by atoms with Crippen molar-refractivity contribution in [2.24, 2.45) is 0 Å². The molecular formula is C22H24N2O4. The van der Waals surface area contributed by atoms with Gasteiger partial charge in [0.15, 0.2) is 6.10 Å². The summed E-state index contributed by atoms with van der Waals surface area (Å²) in [5.74, 6) is 0.413. The van der Waals surface area contributed by atoms with Crippen molar-refractivity contribution >= 4 is 16.9 Å². The molecule has 0 bridgehead atoms. The SMILES string of the molecule is CCc1cc(=O)oc2cc(C)cc(OC(C)C(=O)N(C)Cc3ccncc3)c12. The first-order valence-electron chi connectivity index (χ1n) is 9.27. The van der Waals surface area contributed by atoms with E-state index in [9.17, 15) is 9.59 Å². The second kappa shape index (κ2) is 8.25. The van der Waals surface area contributed by atoms with Gasteiger partial charge in [-0.15, -0.1) is 0 Å². The van der Waals surface area contributed by atoms with Crippen molar-refractivity contribution < 1.29 is 13.9 Å². The van der Waals surface area contributed by atoms with Gasteiger partial charge in [0, 0.05) is 32.1 Å². The Balaban J connectivity index is 1.87. The number of hydrogen-bond donors (Lipinski definition) is 0. The van der Waals surface area contributed by atoms with Crippen LogP contribution in [0.3, 0.4) is 0 Å². The first-order valence-corrected chi connectivity index (χ1v) is 9.27. The summed E-state index contributed by atoms with van der Waals surface area (Å²) in [6.45, 7) is 6.06. The number of carbonyl (C=O) groups is 1. The minimum atomic E-state index is -0.687. The number of pyridine rings is 1. The first-order chi connectivity index (χ1) is 13.4. The molecule has 146 valence electrons. The van der Waals surface area contributed by atoms with Gasteiger partial charge in [0.2, 0.25) is 0 Å². The number of hydrogen-bond acceptors (Lipinski definition) is 5. The number of nitrogens with zero attached hydrogens (tertiary/aromatic N) is 2. The fourth-order valence-electron chi connectivity index (χ4n) is 3.23. The van der Waals surface area contributed by atoms with Crippen molar-refractivity contribution in [3.8, 4) is 5.75 Å².